The van der Waals surface area contributed by atoms with Crippen LogP contribution in [0.25, 0.3) is 0 Å². The van der Waals surface area contributed by atoms with Crippen LogP contribution in [-0.4, -0.2) is 54.1 Å². The molecule has 0 radical (unpaired) electrons. The molecule has 2 heterocycles. The van der Waals surface area contributed by atoms with Crippen molar-refractivity contribution in [1.29, 1.82) is 0 Å². The molecule has 2 fully saturated rings. The van der Waals surface area contributed by atoms with Gasteiger partial charge in [0.15, 0.2) is 0 Å². The summed E-state index contributed by atoms with van der Waals surface area (Å²) in [7, 11) is 0. The van der Waals surface area contributed by atoms with E-state index in [0.717, 1.165) is 24.5 Å². The molecule has 0 aromatic rings. The minimum absolute atomic E-state index is 0.702. The lowest BCUT2D eigenvalue weighted by Gasteiger charge is -2.29. The van der Waals surface area contributed by atoms with E-state index in [2.05, 4.69) is 30.6 Å². The Morgan fingerprint density at radius 2 is 2.06 bits per heavy atom. The largest absolute Gasteiger partial charge is 0.330 e. The average Bonchev–Trinajstić information content (AvgIpc) is 2.83. The van der Waals surface area contributed by atoms with E-state index in [1.807, 2.05) is 0 Å². The highest BCUT2D eigenvalue weighted by Crippen LogP contribution is 2.28. The summed E-state index contributed by atoms with van der Waals surface area (Å²) in [5, 5.41) is 0. The molecule has 2 aliphatic heterocycles. The number of nitrogens with zero attached hydrogens (tertiary/aromatic N) is 2. The second-order valence-electron chi connectivity index (χ2n) is 5.91. The maximum absolute atomic E-state index is 5.80. The van der Waals surface area contributed by atoms with E-state index in [1.54, 1.807) is 0 Å². The molecule has 0 amide bonds. The molecular formula is C13H27N3. The van der Waals surface area contributed by atoms with Crippen molar-refractivity contribution in [1.82, 2.24) is 9.80 Å². The zero-order chi connectivity index (χ0) is 11.7. The van der Waals surface area contributed by atoms with Gasteiger partial charge in [0.1, 0.15) is 0 Å². The highest BCUT2D eigenvalue weighted by Gasteiger charge is 2.36. The first kappa shape index (κ1) is 12.3. The van der Waals surface area contributed by atoms with Crippen LogP contribution in [-0.2, 0) is 0 Å². The lowest BCUT2D eigenvalue weighted by molar-refractivity contribution is 0.175. The normalized spacial score (nSPS) is 37.7. The number of hydrogen-bond acceptors (Lipinski definition) is 3. The molecule has 0 saturated carbocycles. The van der Waals surface area contributed by atoms with Gasteiger partial charge in [-0.15, -0.1) is 0 Å². The maximum atomic E-state index is 5.80. The van der Waals surface area contributed by atoms with E-state index < -0.39 is 0 Å². The third kappa shape index (κ3) is 2.41. The predicted octanol–water partition coefficient (Wildman–Crippen LogP) is 1.14. The zero-order valence-corrected chi connectivity index (χ0v) is 11.0. The summed E-state index contributed by atoms with van der Waals surface area (Å²) in [6.45, 7) is 11.6. The van der Waals surface area contributed by atoms with E-state index >= 15 is 0 Å². The van der Waals surface area contributed by atoms with Crippen molar-refractivity contribution in [3.63, 3.8) is 0 Å². The van der Waals surface area contributed by atoms with Crippen molar-refractivity contribution in [3.8, 4) is 0 Å². The van der Waals surface area contributed by atoms with Crippen LogP contribution >= 0.6 is 0 Å². The molecule has 3 atom stereocenters. The smallest absolute Gasteiger partial charge is 0.0238 e. The quantitative estimate of drug-likeness (QED) is 0.782. The second kappa shape index (κ2) is 5.03. The average molecular weight is 225 g/mol. The summed E-state index contributed by atoms with van der Waals surface area (Å²) in [5.74, 6) is 0.739. The van der Waals surface area contributed by atoms with E-state index in [-0.39, 0.29) is 0 Å². The molecule has 0 aliphatic carbocycles. The van der Waals surface area contributed by atoms with E-state index in [0.29, 0.717) is 6.04 Å². The molecule has 2 aliphatic rings. The molecule has 2 N–H and O–H groups in total. The van der Waals surface area contributed by atoms with Crippen LogP contribution in [0.2, 0.25) is 0 Å². The highest BCUT2D eigenvalue weighted by molar-refractivity contribution is 4.92. The van der Waals surface area contributed by atoms with Crippen LogP contribution in [0.5, 0.6) is 0 Å². The first-order chi connectivity index (χ1) is 7.61. The summed E-state index contributed by atoms with van der Waals surface area (Å²) >= 11 is 0. The van der Waals surface area contributed by atoms with E-state index in [9.17, 15) is 0 Å². The van der Waals surface area contributed by atoms with Crippen molar-refractivity contribution in [3.05, 3.63) is 0 Å². The number of rotatable bonds is 3. The summed E-state index contributed by atoms with van der Waals surface area (Å²) in [6.07, 6.45) is 2.65. The number of likely N-dealkylation sites (tertiary alicyclic amines) is 2. The molecule has 0 aromatic carbocycles. The monoisotopic (exact) mass is 225 g/mol. The van der Waals surface area contributed by atoms with E-state index in [4.69, 9.17) is 5.73 Å². The molecule has 3 heteroatoms. The lowest BCUT2D eigenvalue weighted by Crippen LogP contribution is -2.41. The van der Waals surface area contributed by atoms with Gasteiger partial charge < -0.3 is 5.73 Å². The molecule has 0 spiro atoms. The third-order valence-corrected chi connectivity index (χ3v) is 4.44. The minimum atomic E-state index is 0.702. The Balaban J connectivity index is 1.89. The molecule has 94 valence electrons. The van der Waals surface area contributed by atoms with Gasteiger partial charge in [0.2, 0.25) is 0 Å². The van der Waals surface area contributed by atoms with Crippen molar-refractivity contribution in [2.75, 3.05) is 26.2 Å². The topological polar surface area (TPSA) is 32.5 Å². The minimum Gasteiger partial charge on any atom is -0.330 e. The van der Waals surface area contributed by atoms with Gasteiger partial charge in [-0.3, -0.25) is 9.80 Å². The predicted molar refractivity (Wildman–Crippen MR) is 68.4 cm³/mol. The van der Waals surface area contributed by atoms with Gasteiger partial charge in [-0.1, -0.05) is 0 Å². The summed E-state index contributed by atoms with van der Waals surface area (Å²) < 4.78 is 0. The van der Waals surface area contributed by atoms with Crippen molar-refractivity contribution >= 4 is 0 Å². The zero-order valence-electron chi connectivity index (χ0n) is 11.0. The van der Waals surface area contributed by atoms with Crippen molar-refractivity contribution in [2.24, 2.45) is 11.7 Å². The van der Waals surface area contributed by atoms with Crippen LogP contribution in [0.3, 0.4) is 0 Å². The van der Waals surface area contributed by atoms with Gasteiger partial charge in [-0.2, -0.15) is 0 Å². The van der Waals surface area contributed by atoms with Crippen LogP contribution < -0.4 is 5.73 Å². The molecule has 0 aromatic heterocycles. The van der Waals surface area contributed by atoms with Crippen LogP contribution in [0.15, 0.2) is 0 Å². The van der Waals surface area contributed by atoms with Gasteiger partial charge >= 0.3 is 0 Å². The highest BCUT2D eigenvalue weighted by atomic mass is 15.3. The Morgan fingerprint density at radius 1 is 1.31 bits per heavy atom. The van der Waals surface area contributed by atoms with Gasteiger partial charge in [-0.05, 0) is 46.1 Å². The molecular weight excluding hydrogens is 198 g/mol. The molecule has 3 unspecified atom stereocenters. The fourth-order valence-electron chi connectivity index (χ4n) is 3.36. The van der Waals surface area contributed by atoms with Gasteiger partial charge in [-0.25, -0.2) is 0 Å². The van der Waals surface area contributed by atoms with Crippen molar-refractivity contribution < 1.29 is 0 Å². The summed E-state index contributed by atoms with van der Waals surface area (Å²) in [4.78, 5) is 5.31. The summed E-state index contributed by atoms with van der Waals surface area (Å²) in [6, 6.07) is 2.23. The second-order valence-corrected chi connectivity index (χ2v) is 5.91. The lowest BCUT2D eigenvalue weighted by atomic mass is 10.1. The molecule has 2 saturated heterocycles. The Morgan fingerprint density at radius 3 is 2.56 bits per heavy atom. The van der Waals surface area contributed by atoms with Gasteiger partial charge in [0.05, 0.1) is 0 Å². The Bertz CT molecular complexity index is 229. The Hall–Kier alpha value is -0.120. The Labute approximate surface area is 100.0 Å². The fourth-order valence-corrected chi connectivity index (χ4v) is 3.36. The fraction of sp³-hybridized carbons (Fsp3) is 1.00. The standard InChI is InChI=1S/C13H27N3/c1-10(2)15-5-4-13(9-15)16-8-12(7-14)6-11(16)3/h10-13H,4-9,14H2,1-3H3. The SMILES string of the molecule is CC(C)N1CCC(N2CC(CN)CC2C)C1. The summed E-state index contributed by atoms with van der Waals surface area (Å²) in [5.41, 5.74) is 5.80. The first-order valence-electron chi connectivity index (χ1n) is 6.81. The Kier molecular flexibility index (Phi) is 3.88. The molecule has 3 nitrogen and oxygen atoms in total. The molecule has 16 heavy (non-hydrogen) atoms. The molecule has 0 bridgehead atoms. The number of nitrogens with two attached hydrogens (primary N) is 1. The van der Waals surface area contributed by atoms with Gasteiger partial charge in [0, 0.05) is 37.8 Å². The van der Waals surface area contributed by atoms with Gasteiger partial charge in [0.25, 0.3) is 0 Å². The van der Waals surface area contributed by atoms with Crippen LogP contribution in [0.1, 0.15) is 33.6 Å². The molecule has 2 rings (SSSR count). The third-order valence-electron chi connectivity index (χ3n) is 4.44. The number of hydrogen-bond donors (Lipinski definition) is 1. The van der Waals surface area contributed by atoms with E-state index in [1.165, 1.54) is 32.5 Å². The maximum Gasteiger partial charge on any atom is 0.0238 e. The first-order valence-corrected chi connectivity index (χ1v) is 6.81. The van der Waals surface area contributed by atoms with Crippen LogP contribution in [0.4, 0.5) is 0 Å². The van der Waals surface area contributed by atoms with Crippen molar-refractivity contribution in [2.45, 2.75) is 51.7 Å². The van der Waals surface area contributed by atoms with Crippen LogP contribution in [0, 0.1) is 5.92 Å².